The fourth-order valence-electron chi connectivity index (χ4n) is 4.67. The topological polar surface area (TPSA) is 68.3 Å². The highest BCUT2D eigenvalue weighted by Crippen LogP contribution is 2.42. The van der Waals surface area contributed by atoms with Crippen molar-refractivity contribution in [3.63, 3.8) is 0 Å². The second kappa shape index (κ2) is 8.45. The summed E-state index contributed by atoms with van der Waals surface area (Å²) in [6.45, 7) is 3.09. The van der Waals surface area contributed by atoms with Gasteiger partial charge in [0.05, 0.1) is 39.0 Å². The molecule has 29 heavy (non-hydrogen) atoms. The minimum absolute atomic E-state index is 0.0764. The zero-order valence-electron chi connectivity index (χ0n) is 17.1. The summed E-state index contributed by atoms with van der Waals surface area (Å²) in [5.41, 5.74) is 1.70. The second-order valence-corrected chi connectivity index (χ2v) is 7.68. The van der Waals surface area contributed by atoms with E-state index in [-0.39, 0.29) is 30.1 Å². The molecule has 7 nitrogen and oxygen atoms in total. The van der Waals surface area contributed by atoms with Crippen LogP contribution in [-0.4, -0.2) is 57.2 Å². The summed E-state index contributed by atoms with van der Waals surface area (Å²) in [6, 6.07) is 5.16. The minimum Gasteiger partial charge on any atom is -0.497 e. The Morgan fingerprint density at radius 1 is 1.07 bits per heavy atom. The van der Waals surface area contributed by atoms with E-state index < -0.39 is 0 Å². The number of imide groups is 1. The van der Waals surface area contributed by atoms with Crippen molar-refractivity contribution in [2.45, 2.75) is 25.7 Å². The van der Waals surface area contributed by atoms with Crippen LogP contribution in [0.1, 0.15) is 25.7 Å². The zero-order chi connectivity index (χ0) is 20.4. The molecular weight excluding hydrogens is 372 g/mol. The minimum atomic E-state index is -0.330. The Bertz CT molecular complexity index is 815. The van der Waals surface area contributed by atoms with Gasteiger partial charge in [-0.25, -0.2) is 4.90 Å². The van der Waals surface area contributed by atoms with E-state index in [9.17, 15) is 9.59 Å². The van der Waals surface area contributed by atoms with Crippen LogP contribution in [0.4, 0.5) is 5.69 Å². The number of ether oxygens (including phenoxy) is 3. The summed E-state index contributed by atoms with van der Waals surface area (Å²) >= 11 is 0. The van der Waals surface area contributed by atoms with Crippen molar-refractivity contribution in [3.05, 3.63) is 30.0 Å². The first-order chi connectivity index (χ1) is 14.1. The molecule has 3 aliphatic rings. The Labute approximate surface area is 171 Å². The number of carbonyl (C=O) groups is 2. The quantitative estimate of drug-likeness (QED) is 0.708. The summed E-state index contributed by atoms with van der Waals surface area (Å²) in [5.74, 6) is 0.515. The van der Waals surface area contributed by atoms with E-state index in [0.717, 1.165) is 32.4 Å². The number of carbonyl (C=O) groups excluding carboxylic acids is 2. The number of hydrogen-bond donors (Lipinski definition) is 0. The average Bonchev–Trinajstić information content (AvgIpc) is 3.07. The van der Waals surface area contributed by atoms with E-state index in [1.54, 1.807) is 25.3 Å². The number of hydrogen-bond acceptors (Lipinski definition) is 6. The van der Waals surface area contributed by atoms with Gasteiger partial charge in [0, 0.05) is 37.2 Å². The first-order valence-electron chi connectivity index (χ1n) is 10.3. The lowest BCUT2D eigenvalue weighted by Crippen LogP contribution is -2.41. The van der Waals surface area contributed by atoms with E-state index in [0.29, 0.717) is 30.4 Å². The Hall–Kier alpha value is -2.54. The molecule has 0 radical (unpaired) electrons. The molecule has 2 atom stereocenters. The molecule has 2 unspecified atom stereocenters. The number of amides is 2. The number of benzene rings is 1. The fourth-order valence-corrected chi connectivity index (χ4v) is 4.67. The van der Waals surface area contributed by atoms with E-state index in [1.807, 2.05) is 0 Å². The van der Waals surface area contributed by atoms with Gasteiger partial charge in [0.25, 0.3) is 0 Å². The molecule has 1 aromatic carbocycles. The highest BCUT2D eigenvalue weighted by atomic mass is 16.5. The normalized spacial score (nSPS) is 25.2. The molecule has 156 valence electrons. The third-order valence-electron chi connectivity index (χ3n) is 6.12. The Morgan fingerprint density at radius 3 is 2.59 bits per heavy atom. The van der Waals surface area contributed by atoms with Crippen molar-refractivity contribution in [1.29, 1.82) is 0 Å². The van der Waals surface area contributed by atoms with Gasteiger partial charge in [-0.05, 0) is 31.4 Å². The van der Waals surface area contributed by atoms with Gasteiger partial charge < -0.3 is 19.1 Å². The maximum atomic E-state index is 13.4. The van der Waals surface area contributed by atoms with Gasteiger partial charge in [-0.1, -0.05) is 6.08 Å². The number of methoxy groups -OCH3 is 2. The molecule has 2 saturated heterocycles. The number of allylic oxidation sites excluding steroid dienone is 2. The molecule has 4 rings (SSSR count). The van der Waals surface area contributed by atoms with Crippen molar-refractivity contribution in [3.8, 4) is 11.5 Å². The van der Waals surface area contributed by atoms with Gasteiger partial charge in [-0.3, -0.25) is 9.59 Å². The van der Waals surface area contributed by atoms with Crippen molar-refractivity contribution >= 4 is 17.5 Å². The number of rotatable bonds is 5. The van der Waals surface area contributed by atoms with Gasteiger partial charge in [-0.2, -0.15) is 0 Å². The van der Waals surface area contributed by atoms with Crippen LogP contribution in [0.25, 0.3) is 0 Å². The maximum Gasteiger partial charge on any atom is 0.238 e. The lowest BCUT2D eigenvalue weighted by Gasteiger charge is -2.38. The van der Waals surface area contributed by atoms with Crippen molar-refractivity contribution in [2.24, 2.45) is 11.8 Å². The lowest BCUT2D eigenvalue weighted by molar-refractivity contribution is -0.123. The van der Waals surface area contributed by atoms with Crippen LogP contribution in [-0.2, 0) is 14.3 Å². The monoisotopic (exact) mass is 400 g/mol. The van der Waals surface area contributed by atoms with Crippen molar-refractivity contribution in [1.82, 2.24) is 4.90 Å². The predicted octanol–water partition coefficient (Wildman–Crippen LogP) is 2.60. The van der Waals surface area contributed by atoms with Crippen LogP contribution in [0.3, 0.4) is 0 Å². The van der Waals surface area contributed by atoms with Gasteiger partial charge >= 0.3 is 0 Å². The van der Waals surface area contributed by atoms with Crippen LogP contribution in [0.2, 0.25) is 0 Å². The smallest absolute Gasteiger partial charge is 0.238 e. The van der Waals surface area contributed by atoms with E-state index in [1.165, 1.54) is 17.7 Å². The fraction of sp³-hybridized carbons (Fsp3) is 0.545. The maximum absolute atomic E-state index is 13.4. The third-order valence-corrected chi connectivity index (χ3v) is 6.12. The molecule has 0 spiro atoms. The Kier molecular flexibility index (Phi) is 5.76. The standard InChI is InChI=1S/C22H28N2O5/c1-27-15-7-8-19(20(13-15)28-2)24-21(25)14-17(22(24)26)16-5-3-4-6-18(16)23-9-11-29-12-10-23/h6-8,13,16-17H,3-5,9-12,14H2,1-2H3. The molecule has 2 amide bonds. The predicted molar refractivity (Wildman–Crippen MR) is 108 cm³/mol. The summed E-state index contributed by atoms with van der Waals surface area (Å²) in [6.07, 6.45) is 5.49. The number of nitrogens with zero attached hydrogens (tertiary/aromatic N) is 2. The summed E-state index contributed by atoms with van der Waals surface area (Å²) < 4.78 is 16.2. The zero-order valence-corrected chi connectivity index (χ0v) is 17.1. The highest BCUT2D eigenvalue weighted by molar-refractivity contribution is 6.21. The first kappa shape index (κ1) is 19.8. The van der Waals surface area contributed by atoms with Gasteiger partial charge in [0.2, 0.25) is 11.8 Å². The summed E-state index contributed by atoms with van der Waals surface area (Å²) in [7, 11) is 3.10. The SMILES string of the molecule is COc1ccc(N2C(=O)CC(C3CCCC=C3N3CCOCC3)C2=O)c(OC)c1. The molecule has 2 aliphatic heterocycles. The van der Waals surface area contributed by atoms with Gasteiger partial charge in [0.1, 0.15) is 11.5 Å². The Balaban J connectivity index is 1.61. The molecule has 2 fully saturated rings. The van der Waals surface area contributed by atoms with E-state index >= 15 is 0 Å². The summed E-state index contributed by atoms with van der Waals surface area (Å²) in [4.78, 5) is 30.0. The first-order valence-corrected chi connectivity index (χ1v) is 10.3. The van der Waals surface area contributed by atoms with E-state index in [4.69, 9.17) is 14.2 Å². The molecule has 0 aromatic heterocycles. The largest absolute Gasteiger partial charge is 0.497 e. The average molecular weight is 400 g/mol. The van der Waals surface area contributed by atoms with Gasteiger partial charge in [-0.15, -0.1) is 0 Å². The van der Waals surface area contributed by atoms with Crippen LogP contribution in [0.15, 0.2) is 30.0 Å². The van der Waals surface area contributed by atoms with Crippen molar-refractivity contribution in [2.75, 3.05) is 45.4 Å². The number of morpholine rings is 1. The highest BCUT2D eigenvalue weighted by Gasteiger charge is 2.46. The van der Waals surface area contributed by atoms with Gasteiger partial charge in [0.15, 0.2) is 0 Å². The Morgan fingerprint density at radius 2 is 1.86 bits per heavy atom. The van der Waals surface area contributed by atoms with Crippen LogP contribution in [0, 0.1) is 11.8 Å². The number of anilines is 1. The summed E-state index contributed by atoms with van der Waals surface area (Å²) in [5, 5.41) is 0. The molecule has 0 N–H and O–H groups in total. The lowest BCUT2D eigenvalue weighted by atomic mass is 9.80. The van der Waals surface area contributed by atoms with E-state index in [2.05, 4.69) is 11.0 Å². The third kappa shape index (κ3) is 3.71. The molecule has 7 heteroatoms. The second-order valence-electron chi connectivity index (χ2n) is 7.68. The van der Waals surface area contributed by atoms with Crippen LogP contribution in [0.5, 0.6) is 11.5 Å². The van der Waals surface area contributed by atoms with Crippen LogP contribution < -0.4 is 14.4 Å². The molecule has 1 aliphatic carbocycles. The molecule has 0 bridgehead atoms. The molecule has 0 saturated carbocycles. The van der Waals surface area contributed by atoms with Crippen LogP contribution >= 0.6 is 0 Å². The molecule has 2 heterocycles. The molecular formula is C22H28N2O5. The molecule has 1 aromatic rings. The van der Waals surface area contributed by atoms with Crippen molar-refractivity contribution < 1.29 is 23.8 Å².